The highest BCUT2D eigenvalue weighted by Crippen LogP contribution is 2.25. The fourth-order valence-electron chi connectivity index (χ4n) is 3.70. The summed E-state index contributed by atoms with van der Waals surface area (Å²) in [5.41, 5.74) is 1.03. The molecule has 0 atom stereocenters. The fourth-order valence-corrected chi connectivity index (χ4v) is 4.74. The number of nitrogens with zero attached hydrogens (tertiary/aromatic N) is 2. The quantitative estimate of drug-likeness (QED) is 0.378. The van der Waals surface area contributed by atoms with Crippen molar-refractivity contribution in [1.82, 2.24) is 9.55 Å². The van der Waals surface area contributed by atoms with Crippen LogP contribution in [0.1, 0.15) is 5.56 Å². The maximum atomic E-state index is 13.5. The molecule has 0 radical (unpaired) electrons. The Kier molecular flexibility index (Phi) is 4.92. The highest BCUT2D eigenvalue weighted by atomic mass is 32.1. The minimum atomic E-state index is -0.368. The molecule has 4 nitrogen and oxygen atoms in total. The second kappa shape index (κ2) is 7.89. The molecule has 6 heteroatoms. The Hall–Kier alpha value is -3.64. The van der Waals surface area contributed by atoms with Gasteiger partial charge in [0.15, 0.2) is 0 Å². The Balaban J connectivity index is 1.77. The molecule has 0 amide bonds. The molecule has 152 valence electrons. The van der Waals surface area contributed by atoms with E-state index < -0.39 is 0 Å². The van der Waals surface area contributed by atoms with Gasteiger partial charge in [0.2, 0.25) is 5.43 Å². The molecule has 0 N–H and O–H groups in total. The van der Waals surface area contributed by atoms with Gasteiger partial charge < -0.3 is 0 Å². The van der Waals surface area contributed by atoms with E-state index >= 15 is 0 Å². The van der Waals surface area contributed by atoms with Crippen molar-refractivity contribution in [2.24, 2.45) is 0 Å². The van der Waals surface area contributed by atoms with E-state index in [0.29, 0.717) is 34.6 Å². The van der Waals surface area contributed by atoms with Crippen molar-refractivity contribution in [3.8, 4) is 11.4 Å². The van der Waals surface area contributed by atoms with E-state index in [2.05, 4.69) is 0 Å². The smallest absolute Gasteiger partial charge is 0.266 e. The topological polar surface area (TPSA) is 52.0 Å². The predicted octanol–water partition coefficient (Wildman–Crippen LogP) is 5.02. The first-order valence-corrected chi connectivity index (χ1v) is 10.7. The summed E-state index contributed by atoms with van der Waals surface area (Å²) in [5.74, 6) is 0.0673. The van der Waals surface area contributed by atoms with E-state index in [1.54, 1.807) is 24.3 Å². The number of aromatic nitrogens is 2. The van der Waals surface area contributed by atoms with E-state index in [1.807, 2.05) is 42.5 Å². The van der Waals surface area contributed by atoms with E-state index in [0.717, 1.165) is 10.3 Å². The van der Waals surface area contributed by atoms with Gasteiger partial charge in [0.05, 0.1) is 0 Å². The van der Waals surface area contributed by atoms with Crippen molar-refractivity contribution in [2.45, 2.75) is 13.0 Å². The number of halogens is 1. The van der Waals surface area contributed by atoms with Crippen LogP contribution in [0.15, 0.2) is 88.5 Å². The summed E-state index contributed by atoms with van der Waals surface area (Å²) in [6, 6.07) is 22.9. The Labute approximate surface area is 180 Å². The third-order valence-corrected chi connectivity index (χ3v) is 6.34. The van der Waals surface area contributed by atoms with Gasteiger partial charge in [-0.15, -0.1) is 11.3 Å². The van der Waals surface area contributed by atoms with Crippen molar-refractivity contribution in [3.63, 3.8) is 0 Å². The number of hydrogen-bond donors (Lipinski definition) is 0. The van der Waals surface area contributed by atoms with Gasteiger partial charge in [-0.3, -0.25) is 14.2 Å². The van der Waals surface area contributed by atoms with Gasteiger partial charge in [-0.2, -0.15) is 0 Å². The Bertz CT molecular complexity index is 1520. The molecule has 0 bridgehead atoms. The molecule has 0 unspecified atom stereocenters. The summed E-state index contributed by atoms with van der Waals surface area (Å²) in [7, 11) is 0. The molecule has 2 aromatic heterocycles. The van der Waals surface area contributed by atoms with Crippen molar-refractivity contribution >= 4 is 31.6 Å². The van der Waals surface area contributed by atoms with Crippen LogP contribution in [0.3, 0.4) is 0 Å². The number of aryl methyl sites for hydroxylation is 1. The normalized spacial score (nSPS) is 11.3. The SMILES string of the molecule is O=c1c2ccccc2sc2nc(-c3ccc(F)cc3)n(CCc3ccccc3)c(=O)c12. The summed E-state index contributed by atoms with van der Waals surface area (Å²) in [6.45, 7) is 0.357. The zero-order chi connectivity index (χ0) is 21.4. The Morgan fingerprint density at radius 2 is 1.58 bits per heavy atom. The summed E-state index contributed by atoms with van der Waals surface area (Å²) >= 11 is 1.32. The first kappa shape index (κ1) is 19.3. The van der Waals surface area contributed by atoms with Gasteiger partial charge in [-0.05, 0) is 48.4 Å². The van der Waals surface area contributed by atoms with Crippen molar-refractivity contribution in [1.29, 1.82) is 0 Å². The predicted molar refractivity (Wildman–Crippen MR) is 123 cm³/mol. The number of fused-ring (bicyclic) bond motifs is 2. The van der Waals surface area contributed by atoms with Crippen LogP contribution in [-0.4, -0.2) is 9.55 Å². The lowest BCUT2D eigenvalue weighted by atomic mass is 10.1. The Morgan fingerprint density at radius 1 is 0.871 bits per heavy atom. The standard InChI is InChI=1S/C25H17FN2O2S/c26-18-12-10-17(11-13-18)23-27-24-21(22(29)19-8-4-5-9-20(19)31-24)25(30)28(23)15-14-16-6-2-1-3-7-16/h1-13H,14-15H2. The number of hydrogen-bond acceptors (Lipinski definition) is 4. The second-order valence-electron chi connectivity index (χ2n) is 7.24. The molecule has 5 rings (SSSR count). The van der Waals surface area contributed by atoms with E-state index in [1.165, 1.54) is 28.0 Å². The van der Waals surface area contributed by atoms with Crippen LogP contribution < -0.4 is 11.0 Å². The lowest BCUT2D eigenvalue weighted by Crippen LogP contribution is -2.28. The average molecular weight is 428 g/mol. The van der Waals surface area contributed by atoms with Gasteiger partial charge in [0.1, 0.15) is 21.9 Å². The van der Waals surface area contributed by atoms with Crippen molar-refractivity contribution in [2.75, 3.05) is 0 Å². The maximum Gasteiger partial charge on any atom is 0.266 e. The average Bonchev–Trinajstić information content (AvgIpc) is 2.79. The van der Waals surface area contributed by atoms with Crippen LogP contribution in [0.5, 0.6) is 0 Å². The first-order valence-electron chi connectivity index (χ1n) is 9.88. The maximum absolute atomic E-state index is 13.5. The number of rotatable bonds is 4. The summed E-state index contributed by atoms with van der Waals surface area (Å²) in [6.07, 6.45) is 0.604. The zero-order valence-electron chi connectivity index (χ0n) is 16.4. The van der Waals surface area contributed by atoms with Gasteiger partial charge in [0, 0.05) is 22.2 Å². The summed E-state index contributed by atoms with van der Waals surface area (Å²) < 4.78 is 15.8. The van der Waals surface area contributed by atoms with Crippen LogP contribution >= 0.6 is 11.3 Å². The minimum absolute atomic E-state index is 0.0997. The molecule has 0 saturated heterocycles. The summed E-state index contributed by atoms with van der Waals surface area (Å²) in [5, 5.41) is 0.616. The molecule has 0 aliphatic heterocycles. The van der Waals surface area contributed by atoms with E-state index in [-0.39, 0.29) is 22.2 Å². The van der Waals surface area contributed by atoms with Crippen LogP contribution in [0, 0.1) is 5.82 Å². The molecular formula is C25H17FN2O2S. The first-order chi connectivity index (χ1) is 15.1. The van der Waals surface area contributed by atoms with Crippen molar-refractivity contribution in [3.05, 3.63) is 111 Å². The zero-order valence-corrected chi connectivity index (χ0v) is 17.2. The van der Waals surface area contributed by atoms with Gasteiger partial charge >= 0.3 is 0 Å². The molecule has 31 heavy (non-hydrogen) atoms. The molecular weight excluding hydrogens is 411 g/mol. The lowest BCUT2D eigenvalue weighted by molar-refractivity contribution is 0.627. The molecule has 5 aromatic rings. The van der Waals surface area contributed by atoms with Gasteiger partial charge in [-0.1, -0.05) is 42.5 Å². The van der Waals surface area contributed by atoms with E-state index in [9.17, 15) is 14.0 Å². The minimum Gasteiger partial charge on any atom is -0.292 e. The molecule has 0 saturated carbocycles. The third kappa shape index (κ3) is 3.55. The molecule has 0 fully saturated rings. The lowest BCUT2D eigenvalue weighted by Gasteiger charge is -2.14. The van der Waals surface area contributed by atoms with Crippen LogP contribution in [-0.2, 0) is 13.0 Å². The van der Waals surface area contributed by atoms with Crippen LogP contribution in [0.25, 0.3) is 31.7 Å². The largest absolute Gasteiger partial charge is 0.292 e. The van der Waals surface area contributed by atoms with Crippen LogP contribution in [0.2, 0.25) is 0 Å². The fraction of sp³-hybridized carbons (Fsp3) is 0.0800. The van der Waals surface area contributed by atoms with E-state index in [4.69, 9.17) is 4.98 Å². The number of benzene rings is 3. The molecule has 0 spiro atoms. The highest BCUT2D eigenvalue weighted by Gasteiger charge is 2.17. The van der Waals surface area contributed by atoms with Crippen LogP contribution in [0.4, 0.5) is 4.39 Å². The van der Waals surface area contributed by atoms with Gasteiger partial charge in [0.25, 0.3) is 5.56 Å². The monoisotopic (exact) mass is 428 g/mol. The van der Waals surface area contributed by atoms with Gasteiger partial charge in [-0.25, -0.2) is 9.37 Å². The van der Waals surface area contributed by atoms with Crippen molar-refractivity contribution < 1.29 is 4.39 Å². The second-order valence-corrected chi connectivity index (χ2v) is 8.27. The molecule has 0 aliphatic rings. The molecule has 2 heterocycles. The molecule has 3 aromatic carbocycles. The highest BCUT2D eigenvalue weighted by molar-refractivity contribution is 7.24. The third-order valence-electron chi connectivity index (χ3n) is 5.27. The molecule has 0 aliphatic carbocycles. The Morgan fingerprint density at radius 3 is 2.35 bits per heavy atom. The summed E-state index contributed by atoms with van der Waals surface area (Å²) in [4.78, 5) is 31.8.